The maximum Gasteiger partial charge on any atom is 0.220 e. The summed E-state index contributed by atoms with van der Waals surface area (Å²) < 4.78 is 1.19. The molecule has 2 N–H and O–H groups in total. The third-order valence-electron chi connectivity index (χ3n) is 3.36. The van der Waals surface area contributed by atoms with Crippen molar-refractivity contribution in [1.29, 1.82) is 0 Å². The fourth-order valence-electron chi connectivity index (χ4n) is 2.09. The Morgan fingerprint density at radius 2 is 2.20 bits per heavy atom. The number of nitrogens with one attached hydrogen (secondary N) is 2. The summed E-state index contributed by atoms with van der Waals surface area (Å²) in [7, 11) is 0. The molecule has 1 saturated heterocycles. The minimum atomic E-state index is 0. The molecular weight excluding hydrogens is 294 g/mol. The van der Waals surface area contributed by atoms with Gasteiger partial charge in [0.25, 0.3) is 0 Å². The van der Waals surface area contributed by atoms with Crippen LogP contribution in [0.3, 0.4) is 0 Å². The lowest BCUT2D eigenvalue weighted by Gasteiger charge is -2.27. The maximum atomic E-state index is 11.7. The van der Waals surface area contributed by atoms with E-state index in [1.807, 2.05) is 18.2 Å². The van der Waals surface area contributed by atoms with Gasteiger partial charge in [0.1, 0.15) is 0 Å². The van der Waals surface area contributed by atoms with Gasteiger partial charge in [-0.15, -0.1) is 23.7 Å². The van der Waals surface area contributed by atoms with Gasteiger partial charge in [0, 0.05) is 38.4 Å². The Labute approximate surface area is 128 Å². The number of aromatic nitrogens is 1. The smallest absolute Gasteiger partial charge is 0.220 e. The molecule has 1 aliphatic rings. The topological polar surface area (TPSA) is 54.0 Å². The van der Waals surface area contributed by atoms with Gasteiger partial charge in [-0.1, -0.05) is 12.1 Å². The molecule has 4 nitrogen and oxygen atoms in total. The van der Waals surface area contributed by atoms with Crippen molar-refractivity contribution in [3.8, 4) is 0 Å². The highest BCUT2D eigenvalue weighted by Gasteiger charge is 2.17. The van der Waals surface area contributed by atoms with Gasteiger partial charge in [0.2, 0.25) is 5.91 Å². The number of hydrogen-bond donors (Lipinski definition) is 2. The number of carbonyl (C=O) groups is 1. The van der Waals surface area contributed by atoms with Crippen molar-refractivity contribution < 1.29 is 4.79 Å². The van der Waals surface area contributed by atoms with Crippen molar-refractivity contribution in [2.45, 2.75) is 12.8 Å². The van der Waals surface area contributed by atoms with Gasteiger partial charge in [-0.2, -0.15) is 0 Å². The highest BCUT2D eigenvalue weighted by Crippen LogP contribution is 2.22. The minimum absolute atomic E-state index is 0. The fourth-order valence-corrected chi connectivity index (χ4v) is 3.05. The Bertz CT molecular complexity index is 550. The molecule has 1 aromatic heterocycles. The number of fused-ring (bicyclic) bond motifs is 1. The van der Waals surface area contributed by atoms with E-state index < -0.39 is 0 Å². The van der Waals surface area contributed by atoms with Crippen LogP contribution in [0.25, 0.3) is 10.2 Å². The molecule has 1 aliphatic heterocycles. The summed E-state index contributed by atoms with van der Waals surface area (Å²) in [5, 5.41) is 7.23. The summed E-state index contributed by atoms with van der Waals surface area (Å²) >= 11 is 1.68. The molecular formula is C14H18ClN3OS. The SMILES string of the molecule is Cl.O=C(CCc1nc2ccccc2s1)NCC1CNC1. The van der Waals surface area contributed by atoms with Gasteiger partial charge in [0.15, 0.2) is 0 Å². The zero-order valence-corrected chi connectivity index (χ0v) is 12.7. The number of amides is 1. The molecule has 0 saturated carbocycles. The lowest BCUT2D eigenvalue weighted by atomic mass is 10.0. The van der Waals surface area contributed by atoms with Crippen LogP contribution in [0.1, 0.15) is 11.4 Å². The van der Waals surface area contributed by atoms with Crippen LogP contribution in [0.5, 0.6) is 0 Å². The number of thiazole rings is 1. The Morgan fingerprint density at radius 3 is 2.90 bits per heavy atom. The molecule has 1 aromatic carbocycles. The second kappa shape index (κ2) is 7.02. The summed E-state index contributed by atoms with van der Waals surface area (Å²) in [5.74, 6) is 0.748. The number of nitrogens with zero attached hydrogens (tertiary/aromatic N) is 1. The van der Waals surface area contributed by atoms with Crippen molar-refractivity contribution in [3.63, 3.8) is 0 Å². The standard InChI is InChI=1S/C14H17N3OS.ClH/c18-13(16-9-10-7-15-8-10)5-6-14-17-11-3-1-2-4-12(11)19-14;/h1-4,10,15H,5-9H2,(H,16,18);1H. The van der Waals surface area contributed by atoms with Crippen molar-refractivity contribution >= 4 is 39.9 Å². The molecule has 0 radical (unpaired) electrons. The third-order valence-corrected chi connectivity index (χ3v) is 4.45. The zero-order chi connectivity index (χ0) is 13.1. The van der Waals surface area contributed by atoms with E-state index in [1.54, 1.807) is 11.3 Å². The summed E-state index contributed by atoms with van der Waals surface area (Å²) in [4.78, 5) is 16.3. The van der Waals surface area contributed by atoms with E-state index in [2.05, 4.69) is 21.7 Å². The van der Waals surface area contributed by atoms with Crippen LogP contribution >= 0.6 is 23.7 Å². The first kappa shape index (κ1) is 15.2. The van der Waals surface area contributed by atoms with Crippen molar-refractivity contribution in [1.82, 2.24) is 15.6 Å². The maximum absolute atomic E-state index is 11.7. The minimum Gasteiger partial charge on any atom is -0.356 e. The monoisotopic (exact) mass is 311 g/mol. The highest BCUT2D eigenvalue weighted by atomic mass is 35.5. The summed E-state index contributed by atoms with van der Waals surface area (Å²) in [5.41, 5.74) is 1.03. The summed E-state index contributed by atoms with van der Waals surface area (Å²) in [6.45, 7) is 2.85. The molecule has 6 heteroatoms. The lowest BCUT2D eigenvalue weighted by Crippen LogP contribution is -2.48. The predicted octanol–water partition coefficient (Wildman–Crippen LogP) is 1.99. The van der Waals surface area contributed by atoms with E-state index in [4.69, 9.17) is 0 Å². The number of aryl methyl sites for hydroxylation is 1. The van der Waals surface area contributed by atoms with Crippen LogP contribution in [0.4, 0.5) is 0 Å². The summed E-state index contributed by atoms with van der Waals surface area (Å²) in [6, 6.07) is 8.09. The van der Waals surface area contributed by atoms with E-state index in [9.17, 15) is 4.79 Å². The number of benzene rings is 1. The number of carbonyl (C=O) groups excluding carboxylic acids is 1. The average Bonchev–Trinajstić information content (AvgIpc) is 2.77. The van der Waals surface area contributed by atoms with E-state index in [0.29, 0.717) is 12.3 Å². The first-order valence-electron chi connectivity index (χ1n) is 6.63. The normalized spacial score (nSPS) is 14.6. The Kier molecular flexibility index (Phi) is 5.34. The van der Waals surface area contributed by atoms with E-state index >= 15 is 0 Å². The van der Waals surface area contributed by atoms with Gasteiger partial charge >= 0.3 is 0 Å². The molecule has 0 atom stereocenters. The van der Waals surface area contributed by atoms with Crippen LogP contribution in [0.15, 0.2) is 24.3 Å². The Balaban J connectivity index is 0.00000147. The molecule has 108 valence electrons. The summed E-state index contributed by atoms with van der Waals surface area (Å²) in [6.07, 6.45) is 1.26. The second-order valence-electron chi connectivity index (χ2n) is 4.90. The molecule has 0 bridgehead atoms. The third kappa shape index (κ3) is 3.69. The molecule has 1 fully saturated rings. The molecule has 20 heavy (non-hydrogen) atoms. The van der Waals surface area contributed by atoms with Crippen LogP contribution in [-0.4, -0.2) is 30.5 Å². The quantitative estimate of drug-likeness (QED) is 0.888. The van der Waals surface area contributed by atoms with Crippen LogP contribution in [-0.2, 0) is 11.2 Å². The molecule has 2 aromatic rings. The van der Waals surface area contributed by atoms with Crippen LogP contribution in [0, 0.1) is 5.92 Å². The zero-order valence-electron chi connectivity index (χ0n) is 11.1. The van der Waals surface area contributed by atoms with Gasteiger partial charge in [0.05, 0.1) is 15.2 Å². The highest BCUT2D eigenvalue weighted by molar-refractivity contribution is 7.18. The van der Waals surface area contributed by atoms with Gasteiger partial charge in [-0.05, 0) is 12.1 Å². The molecule has 0 unspecified atom stereocenters. The van der Waals surface area contributed by atoms with E-state index in [1.165, 1.54) is 4.70 Å². The van der Waals surface area contributed by atoms with Crippen LogP contribution in [0.2, 0.25) is 0 Å². The molecule has 0 aliphatic carbocycles. The lowest BCUT2D eigenvalue weighted by molar-refractivity contribution is -0.121. The van der Waals surface area contributed by atoms with Gasteiger partial charge in [-0.3, -0.25) is 4.79 Å². The van der Waals surface area contributed by atoms with Crippen molar-refractivity contribution in [2.24, 2.45) is 5.92 Å². The van der Waals surface area contributed by atoms with E-state index in [-0.39, 0.29) is 18.3 Å². The molecule has 3 rings (SSSR count). The first-order chi connectivity index (χ1) is 9.31. The number of para-hydroxylation sites is 1. The largest absolute Gasteiger partial charge is 0.356 e. The van der Waals surface area contributed by atoms with Crippen molar-refractivity contribution in [2.75, 3.05) is 19.6 Å². The first-order valence-corrected chi connectivity index (χ1v) is 7.45. The predicted molar refractivity (Wildman–Crippen MR) is 84.6 cm³/mol. The molecule has 0 spiro atoms. The molecule has 2 heterocycles. The number of halogens is 1. The van der Waals surface area contributed by atoms with Crippen LogP contribution < -0.4 is 10.6 Å². The number of hydrogen-bond acceptors (Lipinski definition) is 4. The average molecular weight is 312 g/mol. The Hall–Kier alpha value is -1.17. The number of rotatable bonds is 5. The Morgan fingerprint density at radius 1 is 1.40 bits per heavy atom. The second-order valence-corrected chi connectivity index (χ2v) is 6.02. The molecule has 1 amide bonds. The van der Waals surface area contributed by atoms with E-state index in [0.717, 1.165) is 36.6 Å². The fraction of sp³-hybridized carbons (Fsp3) is 0.429. The van der Waals surface area contributed by atoms with Crippen molar-refractivity contribution in [3.05, 3.63) is 29.3 Å². The van der Waals surface area contributed by atoms with Gasteiger partial charge in [-0.25, -0.2) is 4.98 Å². The van der Waals surface area contributed by atoms with Gasteiger partial charge < -0.3 is 10.6 Å².